The Labute approximate surface area is 241 Å². The highest BCUT2D eigenvalue weighted by atomic mass is 19.1. The largest absolute Gasteiger partial charge is 0.497 e. The van der Waals surface area contributed by atoms with Crippen molar-refractivity contribution in [3.8, 4) is 5.75 Å². The molecular formula is C30H31F2N5O5. The van der Waals surface area contributed by atoms with Gasteiger partial charge in [-0.25, -0.2) is 8.78 Å². The van der Waals surface area contributed by atoms with E-state index in [1.54, 1.807) is 42.5 Å². The average molecular weight is 580 g/mol. The van der Waals surface area contributed by atoms with Gasteiger partial charge in [-0.3, -0.25) is 19.2 Å². The Balaban J connectivity index is 1.44. The number of hydrogen-bond acceptors (Lipinski definition) is 6. The molecule has 1 aliphatic heterocycles. The fourth-order valence-corrected chi connectivity index (χ4v) is 4.65. The first-order valence-electron chi connectivity index (χ1n) is 13.1. The van der Waals surface area contributed by atoms with Crippen LogP contribution in [0.3, 0.4) is 0 Å². The number of likely N-dealkylation sites (N-methyl/N-ethyl adjacent to an activating group) is 1. The minimum absolute atomic E-state index is 0.0970. The van der Waals surface area contributed by atoms with Gasteiger partial charge in [0.2, 0.25) is 17.7 Å². The third-order valence-electron chi connectivity index (χ3n) is 6.86. The molecule has 12 heteroatoms. The van der Waals surface area contributed by atoms with E-state index in [0.29, 0.717) is 28.8 Å². The number of benzene rings is 3. The van der Waals surface area contributed by atoms with Crippen molar-refractivity contribution in [2.75, 3.05) is 51.0 Å². The SMILES string of the molecule is COc1ccc(N(C)C(=O)[C@H](Cc2cc(F)cc(F)c2)NC(=O)CN2CCN(C(=O)c3cccc(N)c3)CC2=O)cc1. The number of nitrogens with one attached hydrogen (secondary N) is 1. The van der Waals surface area contributed by atoms with E-state index in [-0.39, 0.29) is 44.1 Å². The van der Waals surface area contributed by atoms with Crippen LogP contribution in [0.2, 0.25) is 0 Å². The predicted octanol–water partition coefficient (Wildman–Crippen LogP) is 2.23. The van der Waals surface area contributed by atoms with Gasteiger partial charge < -0.3 is 30.5 Å². The maximum Gasteiger partial charge on any atom is 0.254 e. The van der Waals surface area contributed by atoms with Gasteiger partial charge >= 0.3 is 0 Å². The molecule has 0 radical (unpaired) electrons. The van der Waals surface area contributed by atoms with Crippen molar-refractivity contribution in [2.45, 2.75) is 12.5 Å². The van der Waals surface area contributed by atoms with Crippen LogP contribution >= 0.6 is 0 Å². The van der Waals surface area contributed by atoms with Crippen molar-refractivity contribution in [3.63, 3.8) is 0 Å². The summed E-state index contributed by atoms with van der Waals surface area (Å²) in [7, 11) is 3.02. The van der Waals surface area contributed by atoms with Gasteiger partial charge in [-0.2, -0.15) is 0 Å². The molecule has 1 fully saturated rings. The van der Waals surface area contributed by atoms with Crippen molar-refractivity contribution in [2.24, 2.45) is 0 Å². The second-order valence-corrected chi connectivity index (χ2v) is 9.86. The number of anilines is 2. The quantitative estimate of drug-likeness (QED) is 0.375. The Morgan fingerprint density at radius 3 is 2.33 bits per heavy atom. The Morgan fingerprint density at radius 1 is 1.02 bits per heavy atom. The number of nitrogens with zero attached hydrogens (tertiary/aromatic N) is 3. The number of rotatable bonds is 9. The number of piperazine rings is 1. The van der Waals surface area contributed by atoms with E-state index >= 15 is 0 Å². The molecule has 4 amide bonds. The summed E-state index contributed by atoms with van der Waals surface area (Å²) in [5.74, 6) is -3.03. The molecule has 1 heterocycles. The Bertz CT molecular complexity index is 1460. The first kappa shape index (κ1) is 30.0. The van der Waals surface area contributed by atoms with Crippen LogP contribution in [-0.2, 0) is 20.8 Å². The monoisotopic (exact) mass is 579 g/mol. The molecule has 0 saturated carbocycles. The van der Waals surface area contributed by atoms with Gasteiger partial charge in [0, 0.05) is 49.6 Å². The zero-order chi connectivity index (χ0) is 30.4. The lowest BCUT2D eigenvalue weighted by Gasteiger charge is -2.34. The maximum atomic E-state index is 13.9. The van der Waals surface area contributed by atoms with Crippen LogP contribution in [0.25, 0.3) is 0 Å². The summed E-state index contributed by atoms with van der Waals surface area (Å²) < 4.78 is 32.9. The number of hydrogen-bond donors (Lipinski definition) is 2. The fraction of sp³-hybridized carbons (Fsp3) is 0.267. The second-order valence-electron chi connectivity index (χ2n) is 9.86. The van der Waals surface area contributed by atoms with Crippen LogP contribution in [0.4, 0.5) is 20.2 Å². The topological polar surface area (TPSA) is 125 Å². The van der Waals surface area contributed by atoms with Gasteiger partial charge in [-0.1, -0.05) is 6.07 Å². The minimum atomic E-state index is -1.20. The third-order valence-corrected chi connectivity index (χ3v) is 6.86. The van der Waals surface area contributed by atoms with Crippen molar-refractivity contribution < 1.29 is 32.7 Å². The lowest BCUT2D eigenvalue weighted by molar-refractivity contribution is -0.139. The van der Waals surface area contributed by atoms with Crippen molar-refractivity contribution in [3.05, 3.63) is 89.5 Å². The number of amides is 4. The van der Waals surface area contributed by atoms with Gasteiger partial charge in [0.25, 0.3) is 5.91 Å². The Morgan fingerprint density at radius 2 is 1.71 bits per heavy atom. The first-order valence-corrected chi connectivity index (χ1v) is 13.1. The number of carbonyl (C=O) groups is 4. The number of nitrogens with two attached hydrogens (primary N) is 1. The van der Waals surface area contributed by atoms with Gasteiger partial charge in [-0.15, -0.1) is 0 Å². The summed E-state index contributed by atoms with van der Waals surface area (Å²) in [4.78, 5) is 56.2. The van der Waals surface area contributed by atoms with E-state index in [4.69, 9.17) is 10.5 Å². The Kier molecular flexibility index (Phi) is 9.35. The fourth-order valence-electron chi connectivity index (χ4n) is 4.65. The summed E-state index contributed by atoms with van der Waals surface area (Å²) in [6.07, 6.45) is -0.198. The summed E-state index contributed by atoms with van der Waals surface area (Å²) in [6, 6.07) is 14.7. The Hall–Kier alpha value is -5.00. The number of carbonyl (C=O) groups excluding carboxylic acids is 4. The molecule has 1 atom stereocenters. The molecule has 0 bridgehead atoms. The predicted molar refractivity (Wildman–Crippen MR) is 152 cm³/mol. The van der Waals surface area contributed by atoms with Gasteiger partial charge in [0.05, 0.1) is 13.7 Å². The summed E-state index contributed by atoms with van der Waals surface area (Å²) in [5, 5.41) is 2.62. The van der Waals surface area contributed by atoms with Crippen molar-refractivity contribution in [1.29, 1.82) is 0 Å². The van der Waals surface area contributed by atoms with E-state index in [1.165, 1.54) is 34.9 Å². The van der Waals surface area contributed by atoms with Gasteiger partial charge in [0.1, 0.15) is 30.0 Å². The highest BCUT2D eigenvalue weighted by Gasteiger charge is 2.31. The second kappa shape index (κ2) is 13.1. The van der Waals surface area contributed by atoms with Crippen LogP contribution in [0.1, 0.15) is 15.9 Å². The van der Waals surface area contributed by atoms with Crippen LogP contribution in [0.15, 0.2) is 66.7 Å². The van der Waals surface area contributed by atoms with Crippen LogP contribution < -0.4 is 20.7 Å². The van der Waals surface area contributed by atoms with Crippen molar-refractivity contribution >= 4 is 35.0 Å². The molecule has 1 saturated heterocycles. The molecule has 0 aliphatic carbocycles. The normalized spacial score (nSPS) is 13.9. The molecule has 3 aromatic rings. The number of nitrogen functional groups attached to an aromatic ring is 1. The standard InChI is InChI=1S/C30H31F2N5O5/c1-35(24-6-8-25(42-2)9-7-24)30(41)26(14-19-12-21(31)16-22(32)13-19)34-27(38)17-36-10-11-37(18-28(36)39)29(40)20-4-3-5-23(33)15-20/h3-9,12-13,15-16,26H,10-11,14,17-18,33H2,1-2H3,(H,34,38)/t26-/m0/s1. The van der Waals surface area contributed by atoms with E-state index in [2.05, 4.69) is 5.32 Å². The van der Waals surface area contributed by atoms with E-state index in [0.717, 1.165) is 12.1 Å². The summed E-state index contributed by atoms with van der Waals surface area (Å²) in [6.45, 7) is -0.309. The molecule has 3 N–H and O–H groups in total. The molecule has 0 aromatic heterocycles. The highest BCUT2D eigenvalue weighted by molar-refractivity contribution is 6.00. The third kappa shape index (κ3) is 7.39. The lowest BCUT2D eigenvalue weighted by Crippen LogP contribution is -2.56. The molecule has 4 rings (SSSR count). The van der Waals surface area contributed by atoms with Gasteiger partial charge in [-0.05, 0) is 60.2 Å². The zero-order valence-corrected chi connectivity index (χ0v) is 23.2. The number of ether oxygens (including phenoxy) is 1. The minimum Gasteiger partial charge on any atom is -0.497 e. The van der Waals surface area contributed by atoms with E-state index in [1.807, 2.05) is 0 Å². The molecule has 1 aliphatic rings. The lowest BCUT2D eigenvalue weighted by atomic mass is 10.0. The number of halogens is 2. The molecule has 0 unspecified atom stereocenters. The first-order chi connectivity index (χ1) is 20.0. The molecule has 10 nitrogen and oxygen atoms in total. The van der Waals surface area contributed by atoms with Crippen LogP contribution in [-0.4, -0.2) is 79.8 Å². The van der Waals surface area contributed by atoms with E-state index < -0.39 is 35.4 Å². The molecule has 0 spiro atoms. The highest BCUT2D eigenvalue weighted by Crippen LogP contribution is 2.20. The zero-order valence-electron chi connectivity index (χ0n) is 23.2. The summed E-state index contributed by atoms with van der Waals surface area (Å²) in [5.41, 5.74) is 7.20. The molecular weight excluding hydrogens is 548 g/mol. The van der Waals surface area contributed by atoms with Gasteiger partial charge in [0.15, 0.2) is 0 Å². The molecule has 220 valence electrons. The maximum absolute atomic E-state index is 13.9. The summed E-state index contributed by atoms with van der Waals surface area (Å²) >= 11 is 0. The number of methoxy groups -OCH3 is 1. The molecule has 42 heavy (non-hydrogen) atoms. The van der Waals surface area contributed by atoms with Crippen LogP contribution in [0, 0.1) is 11.6 Å². The average Bonchev–Trinajstić information content (AvgIpc) is 2.96. The smallest absolute Gasteiger partial charge is 0.254 e. The van der Waals surface area contributed by atoms with Crippen molar-refractivity contribution in [1.82, 2.24) is 15.1 Å². The van der Waals surface area contributed by atoms with E-state index in [9.17, 15) is 28.0 Å². The molecule has 3 aromatic carbocycles. The van der Waals surface area contributed by atoms with Crippen LogP contribution in [0.5, 0.6) is 5.75 Å².